The minimum absolute atomic E-state index is 0.127. The van der Waals surface area contributed by atoms with E-state index in [1.165, 1.54) is 23.9 Å². The van der Waals surface area contributed by atoms with E-state index in [1.807, 2.05) is 23.9 Å². The van der Waals surface area contributed by atoms with Gasteiger partial charge in [-0.25, -0.2) is 9.37 Å². The molecule has 2 aromatic carbocycles. The van der Waals surface area contributed by atoms with Crippen LogP contribution in [-0.2, 0) is 18.3 Å². The van der Waals surface area contributed by atoms with Crippen LogP contribution in [0.4, 0.5) is 10.1 Å². The lowest BCUT2D eigenvalue weighted by atomic mass is 10.1. The molecule has 0 spiro atoms. The van der Waals surface area contributed by atoms with Crippen LogP contribution in [0.25, 0.3) is 0 Å². The van der Waals surface area contributed by atoms with Crippen LogP contribution in [0.5, 0.6) is 0 Å². The molecule has 0 atom stereocenters. The fourth-order valence-electron chi connectivity index (χ4n) is 2.36. The second-order valence-electron chi connectivity index (χ2n) is 5.74. The summed E-state index contributed by atoms with van der Waals surface area (Å²) in [4.78, 5) is 17.5. The topological polar surface area (TPSA) is 46.9 Å². The van der Waals surface area contributed by atoms with Gasteiger partial charge in [-0.3, -0.25) is 4.79 Å². The van der Waals surface area contributed by atoms with Gasteiger partial charge in [0.05, 0.1) is 5.69 Å². The number of carbonyl (C=O) groups excluding carboxylic acids is 1. The Morgan fingerprint density at radius 3 is 2.73 bits per heavy atom. The Morgan fingerprint density at radius 1 is 1.27 bits per heavy atom. The Kier molecular flexibility index (Phi) is 5.96. The molecule has 0 aliphatic heterocycles. The van der Waals surface area contributed by atoms with Crippen molar-refractivity contribution in [3.05, 3.63) is 71.3 Å². The van der Waals surface area contributed by atoms with E-state index in [0.29, 0.717) is 23.6 Å². The molecule has 1 N–H and O–H groups in total. The van der Waals surface area contributed by atoms with E-state index in [-0.39, 0.29) is 11.7 Å². The maximum atomic E-state index is 12.9. The molecule has 1 aromatic heterocycles. The molecule has 1 heterocycles. The lowest BCUT2D eigenvalue weighted by Gasteiger charge is -2.11. The van der Waals surface area contributed by atoms with E-state index in [0.717, 1.165) is 15.6 Å². The summed E-state index contributed by atoms with van der Waals surface area (Å²) < 4.78 is 14.8. The van der Waals surface area contributed by atoms with Crippen molar-refractivity contribution in [3.63, 3.8) is 0 Å². The molecule has 0 aliphatic carbocycles. The Hall–Kier alpha value is -2.31. The summed E-state index contributed by atoms with van der Waals surface area (Å²) in [5.74, 6) is -0.411. The Labute approximate surface area is 160 Å². The molecule has 134 valence electrons. The smallest absolute Gasteiger partial charge is 0.224 e. The quantitative estimate of drug-likeness (QED) is 0.649. The first-order chi connectivity index (χ1) is 12.5. The summed E-state index contributed by atoms with van der Waals surface area (Å²) in [6.07, 6.45) is 4.41. The van der Waals surface area contributed by atoms with Crippen molar-refractivity contribution in [2.75, 3.05) is 5.32 Å². The highest BCUT2D eigenvalue weighted by Gasteiger charge is 2.11. The van der Waals surface area contributed by atoms with Crippen molar-refractivity contribution in [3.8, 4) is 0 Å². The number of carbonyl (C=O) groups is 1. The average molecular weight is 390 g/mol. The predicted octanol–water partition coefficient (Wildman–Crippen LogP) is 4.94. The summed E-state index contributed by atoms with van der Waals surface area (Å²) in [5.41, 5.74) is 1.56. The van der Waals surface area contributed by atoms with Crippen molar-refractivity contribution in [2.45, 2.75) is 22.9 Å². The number of nitrogens with one attached hydrogen (secondary N) is 1. The second-order valence-corrected chi connectivity index (χ2v) is 7.18. The fourth-order valence-corrected chi connectivity index (χ4v) is 3.40. The summed E-state index contributed by atoms with van der Waals surface area (Å²) in [5, 5.41) is 4.27. The third-order valence-corrected chi connectivity index (χ3v) is 5.13. The van der Waals surface area contributed by atoms with Crippen LogP contribution in [0, 0.1) is 5.82 Å². The fraction of sp³-hybridized carbons (Fsp3) is 0.158. The van der Waals surface area contributed by atoms with E-state index >= 15 is 0 Å². The van der Waals surface area contributed by atoms with Crippen molar-refractivity contribution >= 4 is 35.0 Å². The number of halogens is 2. The SMILES string of the molecule is Cn1ccnc1Sc1ccc(Cl)cc1NC(=O)CCc1ccc(F)cc1. The van der Waals surface area contributed by atoms with Gasteiger partial charge in [-0.05, 0) is 54.1 Å². The molecular formula is C19H17ClFN3OS. The number of aromatic nitrogens is 2. The standard InChI is InChI=1S/C19H17ClFN3OS/c1-24-11-10-22-19(24)26-17-8-5-14(20)12-16(17)23-18(25)9-4-13-2-6-15(21)7-3-13/h2-3,5-8,10-12H,4,9H2,1H3,(H,23,25). The zero-order valence-corrected chi connectivity index (χ0v) is 15.6. The molecule has 0 aliphatic rings. The van der Waals surface area contributed by atoms with Gasteiger partial charge >= 0.3 is 0 Å². The number of rotatable bonds is 6. The van der Waals surface area contributed by atoms with Crippen LogP contribution < -0.4 is 5.32 Å². The number of amides is 1. The largest absolute Gasteiger partial charge is 0.329 e. The molecule has 4 nitrogen and oxygen atoms in total. The van der Waals surface area contributed by atoms with Gasteiger partial charge in [0.15, 0.2) is 5.16 Å². The molecule has 26 heavy (non-hydrogen) atoms. The van der Waals surface area contributed by atoms with Crippen LogP contribution in [0.3, 0.4) is 0 Å². The number of benzene rings is 2. The summed E-state index contributed by atoms with van der Waals surface area (Å²) >= 11 is 7.54. The monoisotopic (exact) mass is 389 g/mol. The van der Waals surface area contributed by atoms with E-state index in [1.54, 1.807) is 30.5 Å². The number of nitrogens with zero attached hydrogens (tertiary/aromatic N) is 2. The Balaban J connectivity index is 1.68. The molecule has 0 fully saturated rings. The summed E-state index contributed by atoms with van der Waals surface area (Å²) in [7, 11) is 1.91. The maximum absolute atomic E-state index is 12.9. The molecule has 0 radical (unpaired) electrons. The average Bonchev–Trinajstić information content (AvgIpc) is 3.02. The normalized spacial score (nSPS) is 10.7. The zero-order valence-electron chi connectivity index (χ0n) is 14.1. The van der Waals surface area contributed by atoms with E-state index in [9.17, 15) is 9.18 Å². The Morgan fingerprint density at radius 2 is 2.04 bits per heavy atom. The number of anilines is 1. The van der Waals surface area contributed by atoms with Gasteiger partial charge in [-0.1, -0.05) is 23.7 Å². The molecule has 0 saturated heterocycles. The van der Waals surface area contributed by atoms with Crippen molar-refractivity contribution in [2.24, 2.45) is 7.05 Å². The minimum Gasteiger partial charge on any atom is -0.329 e. The van der Waals surface area contributed by atoms with Crippen LogP contribution >= 0.6 is 23.4 Å². The second kappa shape index (κ2) is 8.38. The third-order valence-electron chi connectivity index (χ3n) is 3.75. The molecule has 0 saturated carbocycles. The molecule has 3 rings (SSSR count). The van der Waals surface area contributed by atoms with E-state index in [2.05, 4.69) is 10.3 Å². The van der Waals surface area contributed by atoms with Gasteiger partial charge in [0.25, 0.3) is 0 Å². The van der Waals surface area contributed by atoms with E-state index < -0.39 is 0 Å². The third kappa shape index (κ3) is 4.86. The molecule has 0 unspecified atom stereocenters. The predicted molar refractivity (Wildman–Crippen MR) is 102 cm³/mol. The highest BCUT2D eigenvalue weighted by atomic mass is 35.5. The van der Waals surface area contributed by atoms with Gasteiger partial charge in [0.1, 0.15) is 5.82 Å². The lowest BCUT2D eigenvalue weighted by Crippen LogP contribution is -2.13. The molecule has 0 bridgehead atoms. The van der Waals surface area contributed by atoms with Gasteiger partial charge in [0.2, 0.25) is 5.91 Å². The summed E-state index contributed by atoms with van der Waals surface area (Å²) in [6, 6.07) is 11.5. The number of aryl methyl sites for hydroxylation is 2. The van der Waals surface area contributed by atoms with Crippen LogP contribution in [0.1, 0.15) is 12.0 Å². The lowest BCUT2D eigenvalue weighted by molar-refractivity contribution is -0.116. The van der Waals surface area contributed by atoms with Gasteiger partial charge < -0.3 is 9.88 Å². The van der Waals surface area contributed by atoms with Gasteiger partial charge in [-0.2, -0.15) is 0 Å². The molecule has 1 amide bonds. The number of hydrogen-bond donors (Lipinski definition) is 1. The first-order valence-corrected chi connectivity index (χ1v) is 9.20. The highest BCUT2D eigenvalue weighted by Crippen LogP contribution is 2.34. The number of hydrogen-bond acceptors (Lipinski definition) is 3. The van der Waals surface area contributed by atoms with Gasteiger partial charge in [-0.15, -0.1) is 0 Å². The Bertz CT molecular complexity index is 911. The molecule has 3 aromatic rings. The zero-order chi connectivity index (χ0) is 18.5. The van der Waals surface area contributed by atoms with Gasteiger partial charge in [0, 0.05) is 35.8 Å². The summed E-state index contributed by atoms with van der Waals surface area (Å²) in [6.45, 7) is 0. The van der Waals surface area contributed by atoms with Crippen LogP contribution in [-0.4, -0.2) is 15.5 Å². The minimum atomic E-state index is -0.284. The van der Waals surface area contributed by atoms with Crippen LogP contribution in [0.2, 0.25) is 5.02 Å². The molecule has 7 heteroatoms. The van der Waals surface area contributed by atoms with Crippen LogP contribution in [0.15, 0.2) is 64.9 Å². The first kappa shape index (κ1) is 18.5. The highest BCUT2D eigenvalue weighted by molar-refractivity contribution is 7.99. The van der Waals surface area contributed by atoms with Crippen molar-refractivity contribution in [1.29, 1.82) is 0 Å². The first-order valence-electron chi connectivity index (χ1n) is 8.00. The van der Waals surface area contributed by atoms with Crippen molar-refractivity contribution < 1.29 is 9.18 Å². The van der Waals surface area contributed by atoms with Crippen molar-refractivity contribution in [1.82, 2.24) is 9.55 Å². The maximum Gasteiger partial charge on any atom is 0.224 e. The molecular weight excluding hydrogens is 373 g/mol. The van der Waals surface area contributed by atoms with E-state index in [4.69, 9.17) is 11.6 Å². The number of imidazole rings is 1.